The van der Waals surface area contributed by atoms with E-state index < -0.39 is 0 Å². The molecule has 0 atom stereocenters. The van der Waals surface area contributed by atoms with Gasteiger partial charge < -0.3 is 4.74 Å². The van der Waals surface area contributed by atoms with Gasteiger partial charge in [0.25, 0.3) is 0 Å². The van der Waals surface area contributed by atoms with Crippen molar-refractivity contribution >= 4 is 5.97 Å². The molecule has 1 aliphatic rings. The Hall–Kier alpha value is -1.75. The Balaban J connectivity index is 1.88. The van der Waals surface area contributed by atoms with E-state index in [1.54, 1.807) is 0 Å². The van der Waals surface area contributed by atoms with Gasteiger partial charge in [0.15, 0.2) is 0 Å². The number of hydrogen-bond donors (Lipinski definition) is 0. The summed E-state index contributed by atoms with van der Waals surface area (Å²) in [5.74, 6) is 6.96. The summed E-state index contributed by atoms with van der Waals surface area (Å²) in [6.45, 7) is 0. The third kappa shape index (κ3) is 3.37. The zero-order valence-electron chi connectivity index (χ0n) is 10.7. The van der Waals surface area contributed by atoms with Crippen molar-refractivity contribution in [2.75, 3.05) is 7.11 Å². The van der Waals surface area contributed by atoms with Crippen LogP contribution in [0.1, 0.15) is 31.2 Å². The third-order valence-corrected chi connectivity index (χ3v) is 3.46. The Morgan fingerprint density at radius 1 is 1.17 bits per heavy atom. The van der Waals surface area contributed by atoms with Gasteiger partial charge in [0.05, 0.1) is 13.0 Å². The number of ether oxygens (including phenoxy) is 1. The molecule has 1 aromatic carbocycles. The standard InChI is InChI=1S/C16H18O2/c1-18-16(17)15-11-9-14(10-12-15)8-7-13-5-3-2-4-6-13/h2-6,14-15H,9-12H2,1H3. The SMILES string of the molecule is COC(=O)C1CCC(C#Cc2ccccc2)CC1. The molecule has 0 aliphatic heterocycles. The number of carbonyl (C=O) groups is 1. The van der Waals surface area contributed by atoms with Crippen LogP contribution in [0.4, 0.5) is 0 Å². The fourth-order valence-corrected chi connectivity index (χ4v) is 2.35. The van der Waals surface area contributed by atoms with Crippen LogP contribution in [0.5, 0.6) is 0 Å². The first-order valence-corrected chi connectivity index (χ1v) is 6.44. The first-order chi connectivity index (χ1) is 8.79. The second kappa shape index (κ2) is 6.26. The predicted octanol–water partition coefficient (Wildman–Crippen LogP) is 3.02. The summed E-state index contributed by atoms with van der Waals surface area (Å²) in [5, 5.41) is 0. The van der Waals surface area contributed by atoms with Gasteiger partial charge in [-0.3, -0.25) is 4.79 Å². The number of carbonyl (C=O) groups excluding carboxylic acids is 1. The molecule has 0 radical (unpaired) electrons. The lowest BCUT2D eigenvalue weighted by atomic mass is 9.82. The quantitative estimate of drug-likeness (QED) is 0.559. The summed E-state index contributed by atoms with van der Waals surface area (Å²) in [6.07, 6.45) is 3.81. The minimum atomic E-state index is -0.0653. The van der Waals surface area contributed by atoms with Gasteiger partial charge in [0, 0.05) is 11.5 Å². The maximum Gasteiger partial charge on any atom is 0.308 e. The molecule has 1 aromatic rings. The first kappa shape index (κ1) is 12.7. The molecular weight excluding hydrogens is 224 g/mol. The van der Waals surface area contributed by atoms with Gasteiger partial charge in [-0.2, -0.15) is 0 Å². The summed E-state index contributed by atoms with van der Waals surface area (Å²) >= 11 is 0. The van der Waals surface area contributed by atoms with Crippen LogP contribution in [0.2, 0.25) is 0 Å². The summed E-state index contributed by atoms with van der Waals surface area (Å²) in [5.41, 5.74) is 1.06. The summed E-state index contributed by atoms with van der Waals surface area (Å²) in [6, 6.07) is 10.0. The Labute approximate surface area is 108 Å². The molecule has 0 unspecified atom stereocenters. The normalized spacial score (nSPS) is 22.7. The highest BCUT2D eigenvalue weighted by Gasteiger charge is 2.25. The smallest absolute Gasteiger partial charge is 0.308 e. The number of hydrogen-bond acceptors (Lipinski definition) is 2. The number of rotatable bonds is 1. The summed E-state index contributed by atoms with van der Waals surface area (Å²) in [4.78, 5) is 11.4. The number of benzene rings is 1. The maximum atomic E-state index is 11.4. The van der Waals surface area contributed by atoms with Gasteiger partial charge in [-0.05, 0) is 37.8 Å². The van der Waals surface area contributed by atoms with Crippen molar-refractivity contribution in [1.29, 1.82) is 0 Å². The summed E-state index contributed by atoms with van der Waals surface area (Å²) < 4.78 is 4.78. The van der Waals surface area contributed by atoms with Gasteiger partial charge in [0.1, 0.15) is 0 Å². The van der Waals surface area contributed by atoms with Crippen LogP contribution in [-0.4, -0.2) is 13.1 Å². The fourth-order valence-electron chi connectivity index (χ4n) is 2.35. The van der Waals surface area contributed by atoms with E-state index in [0.717, 1.165) is 31.2 Å². The lowest BCUT2D eigenvalue weighted by molar-refractivity contribution is -0.146. The van der Waals surface area contributed by atoms with E-state index in [4.69, 9.17) is 4.74 Å². The minimum absolute atomic E-state index is 0.0653. The monoisotopic (exact) mass is 242 g/mol. The van der Waals surface area contributed by atoms with Gasteiger partial charge >= 0.3 is 5.97 Å². The largest absolute Gasteiger partial charge is 0.469 e. The Bertz CT molecular complexity index is 445. The highest BCUT2D eigenvalue weighted by Crippen LogP contribution is 2.29. The zero-order valence-corrected chi connectivity index (χ0v) is 10.7. The average molecular weight is 242 g/mol. The van der Waals surface area contributed by atoms with Crippen molar-refractivity contribution < 1.29 is 9.53 Å². The van der Waals surface area contributed by atoms with Gasteiger partial charge in [0.2, 0.25) is 0 Å². The molecular formula is C16H18O2. The molecule has 2 rings (SSSR count). The van der Waals surface area contributed by atoms with Crippen LogP contribution in [0.25, 0.3) is 0 Å². The van der Waals surface area contributed by atoms with Crippen molar-refractivity contribution in [3.8, 4) is 11.8 Å². The fraction of sp³-hybridized carbons (Fsp3) is 0.438. The minimum Gasteiger partial charge on any atom is -0.469 e. The molecule has 0 saturated heterocycles. The topological polar surface area (TPSA) is 26.3 Å². The molecule has 1 fully saturated rings. The highest BCUT2D eigenvalue weighted by atomic mass is 16.5. The number of esters is 1. The van der Waals surface area contributed by atoms with Crippen molar-refractivity contribution in [3.05, 3.63) is 35.9 Å². The van der Waals surface area contributed by atoms with Gasteiger partial charge in [-0.25, -0.2) is 0 Å². The molecule has 2 nitrogen and oxygen atoms in total. The van der Waals surface area contributed by atoms with E-state index in [2.05, 4.69) is 11.8 Å². The van der Waals surface area contributed by atoms with E-state index in [1.165, 1.54) is 7.11 Å². The molecule has 0 heterocycles. The van der Waals surface area contributed by atoms with Crippen LogP contribution < -0.4 is 0 Å². The molecule has 0 aromatic heterocycles. The van der Waals surface area contributed by atoms with E-state index >= 15 is 0 Å². The van der Waals surface area contributed by atoms with Crippen LogP contribution >= 0.6 is 0 Å². The molecule has 1 aliphatic carbocycles. The summed E-state index contributed by atoms with van der Waals surface area (Å²) in [7, 11) is 1.46. The molecule has 18 heavy (non-hydrogen) atoms. The van der Waals surface area contributed by atoms with Gasteiger partial charge in [-0.15, -0.1) is 0 Å². The van der Waals surface area contributed by atoms with E-state index in [-0.39, 0.29) is 11.9 Å². The second-order valence-corrected chi connectivity index (χ2v) is 4.71. The zero-order chi connectivity index (χ0) is 12.8. The Kier molecular flexibility index (Phi) is 4.41. The van der Waals surface area contributed by atoms with Crippen molar-refractivity contribution in [1.82, 2.24) is 0 Å². The molecule has 0 N–H and O–H groups in total. The lowest BCUT2D eigenvalue weighted by Crippen LogP contribution is -2.22. The molecule has 94 valence electrons. The Morgan fingerprint density at radius 3 is 2.44 bits per heavy atom. The molecule has 1 saturated carbocycles. The van der Waals surface area contributed by atoms with Crippen LogP contribution in [-0.2, 0) is 9.53 Å². The molecule has 0 spiro atoms. The second-order valence-electron chi connectivity index (χ2n) is 4.71. The van der Waals surface area contributed by atoms with Crippen LogP contribution in [0.15, 0.2) is 30.3 Å². The molecule has 0 amide bonds. The number of methoxy groups -OCH3 is 1. The molecule has 0 bridgehead atoms. The van der Waals surface area contributed by atoms with E-state index in [1.807, 2.05) is 30.3 Å². The Morgan fingerprint density at radius 2 is 1.83 bits per heavy atom. The van der Waals surface area contributed by atoms with Crippen LogP contribution in [0, 0.1) is 23.7 Å². The predicted molar refractivity (Wildman–Crippen MR) is 70.8 cm³/mol. The third-order valence-electron chi connectivity index (χ3n) is 3.46. The van der Waals surface area contributed by atoms with Crippen LogP contribution in [0.3, 0.4) is 0 Å². The average Bonchev–Trinajstić information content (AvgIpc) is 2.46. The van der Waals surface area contributed by atoms with Crippen molar-refractivity contribution in [2.24, 2.45) is 11.8 Å². The van der Waals surface area contributed by atoms with Gasteiger partial charge in [-0.1, -0.05) is 30.0 Å². The van der Waals surface area contributed by atoms with Crippen molar-refractivity contribution in [2.45, 2.75) is 25.7 Å². The highest BCUT2D eigenvalue weighted by molar-refractivity contribution is 5.72. The van der Waals surface area contributed by atoms with Crippen molar-refractivity contribution in [3.63, 3.8) is 0 Å². The first-order valence-electron chi connectivity index (χ1n) is 6.44. The van der Waals surface area contributed by atoms with E-state index in [9.17, 15) is 4.79 Å². The van der Waals surface area contributed by atoms with E-state index in [0.29, 0.717) is 5.92 Å². The maximum absolute atomic E-state index is 11.4. The molecule has 2 heteroatoms. The lowest BCUT2D eigenvalue weighted by Gasteiger charge is -2.23.